The quantitative estimate of drug-likeness (QED) is 0.0732. The number of carbonyl (C=O) groups excluding carboxylic acids is 5. The third-order valence-corrected chi connectivity index (χ3v) is 8.92. The van der Waals surface area contributed by atoms with Crippen molar-refractivity contribution in [1.82, 2.24) is 10.6 Å². The normalized spacial score (nSPS) is 15.6. The Morgan fingerprint density at radius 1 is 0.820 bits per heavy atom. The van der Waals surface area contributed by atoms with E-state index in [9.17, 15) is 39.3 Å². The lowest BCUT2D eigenvalue weighted by molar-refractivity contribution is -0.384. The molecule has 16 nitrogen and oxygen atoms in total. The standard InChI is InChI=1S/C26H33NO6.C19H19N3O6/c1-8-31-24(29)21-16(3)27-17(4)22(25(30)32-9-2)23(21)19-13-11-10-12-18(19)14-15-20(28)33-26(5,6)7;1-10(2)28-19(24)15-11(3)21-14(9-20)17(18(23)27-4)16(15)12-6-5-7-13(8-12)22(25)26/h10-15,23,27H,8-9H2,1-7H3;5-8,10,16,21H,1-4H3/b15-14+;. The number of hydrogen-bond acceptors (Lipinski definition) is 15. The van der Waals surface area contributed by atoms with Gasteiger partial charge in [0.25, 0.3) is 5.69 Å². The maximum Gasteiger partial charge on any atom is 0.337 e. The fourth-order valence-corrected chi connectivity index (χ4v) is 6.63. The monoisotopic (exact) mass is 840 g/mol. The SMILES string of the molecule is CCOC(=O)C1=C(C)NC(C)=C(C(=O)OCC)C1c1ccccc1/C=C/C(=O)OC(C)(C)C.COC(=O)C1=C(C#N)NC(C)=C(C(=O)OC(C)C)C1c1cccc([N+](=O)[O-])c1. The molecule has 2 aliphatic heterocycles. The van der Waals surface area contributed by atoms with Crippen LogP contribution in [0.4, 0.5) is 5.69 Å². The summed E-state index contributed by atoms with van der Waals surface area (Å²) in [7, 11) is 1.14. The Morgan fingerprint density at radius 2 is 1.38 bits per heavy atom. The van der Waals surface area contributed by atoms with Gasteiger partial charge >= 0.3 is 29.8 Å². The number of nitrogens with zero attached hydrogens (tertiary/aromatic N) is 2. The van der Waals surface area contributed by atoms with E-state index in [-0.39, 0.29) is 35.7 Å². The lowest BCUT2D eigenvalue weighted by Gasteiger charge is -2.31. The minimum atomic E-state index is -1.06. The molecule has 61 heavy (non-hydrogen) atoms. The van der Waals surface area contributed by atoms with Crippen LogP contribution in [0, 0.1) is 21.4 Å². The smallest absolute Gasteiger partial charge is 0.337 e. The van der Waals surface area contributed by atoms with Crippen molar-refractivity contribution < 1.29 is 52.6 Å². The number of nitro benzene ring substituents is 1. The number of benzene rings is 2. The third kappa shape index (κ3) is 12.3. The molecular formula is C45H52N4O12. The van der Waals surface area contributed by atoms with E-state index in [4.69, 9.17) is 23.7 Å². The zero-order chi connectivity index (χ0) is 45.8. The number of nitrogens with one attached hydrogen (secondary N) is 2. The molecule has 2 heterocycles. The fraction of sp³-hybridized carbons (Fsp3) is 0.378. The molecule has 0 spiro atoms. The molecule has 0 aliphatic carbocycles. The molecule has 4 rings (SSSR count). The molecule has 0 radical (unpaired) electrons. The van der Waals surface area contributed by atoms with Crippen molar-refractivity contribution in [2.24, 2.45) is 0 Å². The second-order valence-corrected chi connectivity index (χ2v) is 14.9. The molecule has 324 valence electrons. The summed E-state index contributed by atoms with van der Waals surface area (Å²) < 4.78 is 26.1. The van der Waals surface area contributed by atoms with E-state index in [1.807, 2.05) is 30.3 Å². The number of carbonyl (C=O) groups is 5. The van der Waals surface area contributed by atoms with Gasteiger partial charge in [-0.3, -0.25) is 10.1 Å². The van der Waals surface area contributed by atoms with Gasteiger partial charge in [0, 0.05) is 35.3 Å². The molecule has 2 aliphatic rings. The summed E-state index contributed by atoms with van der Waals surface area (Å²) in [5.41, 5.74) is 2.80. The molecular weight excluding hydrogens is 789 g/mol. The summed E-state index contributed by atoms with van der Waals surface area (Å²) >= 11 is 0. The number of allylic oxidation sites excluding steroid dienone is 4. The Balaban J connectivity index is 0.000000330. The van der Waals surface area contributed by atoms with Gasteiger partial charge in [-0.25, -0.2) is 24.0 Å². The van der Waals surface area contributed by atoms with Gasteiger partial charge in [0.2, 0.25) is 0 Å². The average molecular weight is 841 g/mol. The highest BCUT2D eigenvalue weighted by Gasteiger charge is 2.41. The number of rotatable bonds is 12. The molecule has 2 aromatic rings. The molecule has 0 bridgehead atoms. The average Bonchev–Trinajstić information content (AvgIpc) is 3.18. The zero-order valence-electron chi connectivity index (χ0n) is 36.2. The first kappa shape index (κ1) is 48.3. The summed E-state index contributed by atoms with van der Waals surface area (Å²) in [4.78, 5) is 74.0. The number of nitro groups is 1. The summed E-state index contributed by atoms with van der Waals surface area (Å²) in [6.45, 7) is 17.7. The van der Waals surface area contributed by atoms with Gasteiger partial charge in [0.1, 0.15) is 17.4 Å². The van der Waals surface area contributed by atoms with Crippen molar-refractivity contribution >= 4 is 41.6 Å². The number of dihydropyridines is 2. The summed E-state index contributed by atoms with van der Waals surface area (Å²) in [6, 6.07) is 14.7. The second kappa shape index (κ2) is 21.3. The van der Waals surface area contributed by atoms with Crippen LogP contribution in [-0.2, 0) is 47.7 Å². The highest BCUT2D eigenvalue weighted by atomic mass is 16.6. The first-order valence-electron chi connectivity index (χ1n) is 19.4. The van der Waals surface area contributed by atoms with Gasteiger partial charge in [-0.2, -0.15) is 5.26 Å². The molecule has 2 aromatic carbocycles. The van der Waals surface area contributed by atoms with Crippen LogP contribution in [0.25, 0.3) is 6.08 Å². The Kier molecular flexibility index (Phi) is 16.9. The summed E-state index contributed by atoms with van der Waals surface area (Å²) in [6.07, 6.45) is 2.54. The number of hydrogen-bond donors (Lipinski definition) is 2. The third-order valence-electron chi connectivity index (χ3n) is 8.92. The summed E-state index contributed by atoms with van der Waals surface area (Å²) in [5, 5.41) is 26.5. The molecule has 0 aromatic heterocycles. The van der Waals surface area contributed by atoms with Crippen molar-refractivity contribution in [3.05, 3.63) is 126 Å². The molecule has 1 unspecified atom stereocenters. The van der Waals surface area contributed by atoms with Gasteiger partial charge in [-0.1, -0.05) is 36.4 Å². The maximum absolute atomic E-state index is 13.0. The Morgan fingerprint density at radius 3 is 1.89 bits per heavy atom. The van der Waals surface area contributed by atoms with Crippen LogP contribution in [0.3, 0.4) is 0 Å². The number of esters is 5. The van der Waals surface area contributed by atoms with E-state index in [0.29, 0.717) is 44.9 Å². The topological polar surface area (TPSA) is 222 Å². The lowest BCUT2D eigenvalue weighted by Crippen LogP contribution is -2.33. The van der Waals surface area contributed by atoms with E-state index in [1.165, 1.54) is 30.3 Å². The van der Waals surface area contributed by atoms with E-state index in [2.05, 4.69) is 10.6 Å². The largest absolute Gasteiger partial charge is 0.466 e. The van der Waals surface area contributed by atoms with Gasteiger partial charge in [-0.15, -0.1) is 0 Å². The maximum atomic E-state index is 13.0. The molecule has 1 atom stereocenters. The van der Waals surface area contributed by atoms with E-state index >= 15 is 0 Å². The van der Waals surface area contributed by atoms with Crippen molar-refractivity contribution in [2.75, 3.05) is 20.3 Å². The summed E-state index contributed by atoms with van der Waals surface area (Å²) in [5.74, 6) is -4.85. The van der Waals surface area contributed by atoms with E-state index in [0.717, 1.165) is 7.11 Å². The predicted octanol–water partition coefficient (Wildman–Crippen LogP) is 6.86. The first-order chi connectivity index (χ1) is 28.7. The van der Waals surface area contributed by atoms with E-state index in [1.54, 1.807) is 75.3 Å². The molecule has 0 saturated carbocycles. The number of non-ortho nitro benzene ring substituents is 1. The molecule has 0 amide bonds. The molecule has 0 saturated heterocycles. The zero-order valence-corrected chi connectivity index (χ0v) is 36.2. The Bertz CT molecular complexity index is 2230. The van der Waals surface area contributed by atoms with Crippen LogP contribution in [0.1, 0.15) is 97.8 Å². The molecule has 2 N–H and O–H groups in total. The number of ether oxygens (including phenoxy) is 5. The molecule has 0 fully saturated rings. The Hall–Kier alpha value is -7.02. The highest BCUT2D eigenvalue weighted by Crippen LogP contribution is 2.42. The van der Waals surface area contributed by atoms with E-state index < -0.39 is 58.3 Å². The highest BCUT2D eigenvalue weighted by molar-refractivity contribution is 6.01. The first-order valence-corrected chi connectivity index (χ1v) is 19.4. The van der Waals surface area contributed by atoms with Crippen molar-refractivity contribution in [3.63, 3.8) is 0 Å². The van der Waals surface area contributed by atoms with Gasteiger partial charge in [0.05, 0.1) is 65.5 Å². The minimum Gasteiger partial charge on any atom is -0.466 e. The van der Waals surface area contributed by atoms with Gasteiger partial charge in [0.15, 0.2) is 0 Å². The molecule has 16 heteroatoms. The number of methoxy groups -OCH3 is 1. The fourth-order valence-electron chi connectivity index (χ4n) is 6.63. The van der Waals surface area contributed by atoms with Crippen LogP contribution in [0.2, 0.25) is 0 Å². The van der Waals surface area contributed by atoms with Crippen molar-refractivity contribution in [3.8, 4) is 6.07 Å². The van der Waals surface area contributed by atoms with Crippen LogP contribution in [0.5, 0.6) is 0 Å². The Labute approximate surface area is 355 Å². The van der Waals surface area contributed by atoms with Crippen molar-refractivity contribution in [2.45, 2.75) is 92.8 Å². The van der Waals surface area contributed by atoms with Crippen LogP contribution < -0.4 is 10.6 Å². The second-order valence-electron chi connectivity index (χ2n) is 14.9. The van der Waals surface area contributed by atoms with Crippen LogP contribution >= 0.6 is 0 Å². The van der Waals surface area contributed by atoms with Crippen LogP contribution in [-0.4, -0.2) is 66.8 Å². The predicted molar refractivity (Wildman–Crippen MR) is 223 cm³/mol. The van der Waals surface area contributed by atoms with Crippen LogP contribution in [0.15, 0.2) is 99.7 Å². The number of nitriles is 1. The lowest BCUT2D eigenvalue weighted by atomic mass is 9.78. The minimum absolute atomic E-state index is 0.0774. The van der Waals surface area contributed by atoms with Gasteiger partial charge in [-0.05, 0) is 92.0 Å². The van der Waals surface area contributed by atoms with Crippen molar-refractivity contribution in [1.29, 1.82) is 5.26 Å². The van der Waals surface area contributed by atoms with Gasteiger partial charge < -0.3 is 34.3 Å².